The molecular formula is C30H24ClN3O5S. The van der Waals surface area contributed by atoms with E-state index >= 15 is 0 Å². The Bertz CT molecular complexity index is 1830. The van der Waals surface area contributed by atoms with Crippen molar-refractivity contribution in [3.63, 3.8) is 0 Å². The maximum Gasteiger partial charge on any atom is 0.271 e. The largest absolute Gasteiger partial charge is 0.494 e. The molecule has 1 amide bonds. The van der Waals surface area contributed by atoms with Gasteiger partial charge < -0.3 is 19.5 Å². The number of ether oxygens (including phenoxy) is 3. The zero-order chi connectivity index (χ0) is 27.8. The predicted molar refractivity (Wildman–Crippen MR) is 154 cm³/mol. The van der Waals surface area contributed by atoms with Crippen LogP contribution in [0, 0.1) is 0 Å². The highest BCUT2D eigenvalue weighted by molar-refractivity contribution is 7.07. The quantitative estimate of drug-likeness (QED) is 0.362. The Hall–Kier alpha value is -4.34. The third-order valence-electron chi connectivity index (χ3n) is 6.58. The van der Waals surface area contributed by atoms with Gasteiger partial charge in [0.25, 0.3) is 11.5 Å². The second-order valence-electron chi connectivity index (χ2n) is 9.13. The molecule has 3 aromatic carbocycles. The Morgan fingerprint density at radius 2 is 1.88 bits per heavy atom. The molecule has 1 N–H and O–H groups in total. The van der Waals surface area contributed by atoms with Crippen molar-refractivity contribution in [1.29, 1.82) is 0 Å². The minimum Gasteiger partial charge on any atom is -0.494 e. The number of hydrogen-bond acceptors (Lipinski definition) is 7. The van der Waals surface area contributed by atoms with Gasteiger partial charge in [0.2, 0.25) is 6.79 Å². The van der Waals surface area contributed by atoms with Crippen molar-refractivity contribution in [2.75, 3.05) is 18.7 Å². The van der Waals surface area contributed by atoms with Crippen LogP contribution in [0.15, 0.2) is 87.8 Å². The molecule has 0 fully saturated rings. The van der Waals surface area contributed by atoms with Gasteiger partial charge in [-0.05, 0) is 61.4 Å². The molecule has 4 aromatic rings. The fourth-order valence-electron chi connectivity index (χ4n) is 4.74. The highest BCUT2D eigenvalue weighted by Gasteiger charge is 2.32. The first-order valence-corrected chi connectivity index (χ1v) is 13.8. The number of anilines is 1. The van der Waals surface area contributed by atoms with Crippen molar-refractivity contribution < 1.29 is 19.0 Å². The lowest BCUT2D eigenvalue weighted by Crippen LogP contribution is -2.40. The average molecular weight is 574 g/mol. The smallest absolute Gasteiger partial charge is 0.271 e. The van der Waals surface area contributed by atoms with Gasteiger partial charge in [-0.3, -0.25) is 14.2 Å². The number of thiazole rings is 1. The molecule has 202 valence electrons. The van der Waals surface area contributed by atoms with Gasteiger partial charge in [-0.2, -0.15) is 0 Å². The van der Waals surface area contributed by atoms with Crippen LogP contribution in [0.4, 0.5) is 5.69 Å². The molecule has 0 spiro atoms. The van der Waals surface area contributed by atoms with E-state index in [2.05, 4.69) is 5.32 Å². The van der Waals surface area contributed by atoms with E-state index in [1.807, 2.05) is 61.5 Å². The van der Waals surface area contributed by atoms with Crippen molar-refractivity contribution >= 4 is 40.6 Å². The van der Waals surface area contributed by atoms with Crippen molar-refractivity contribution in [3.05, 3.63) is 114 Å². The first kappa shape index (κ1) is 25.9. The van der Waals surface area contributed by atoms with E-state index in [1.165, 1.54) is 11.3 Å². The third-order valence-corrected chi connectivity index (χ3v) is 7.89. The molecule has 2 aliphatic rings. The lowest BCUT2D eigenvalue weighted by Gasteiger charge is -2.25. The first-order chi connectivity index (χ1) is 19.4. The summed E-state index contributed by atoms with van der Waals surface area (Å²) in [6, 6.07) is 19.3. The van der Waals surface area contributed by atoms with Crippen LogP contribution in [0.1, 0.15) is 31.0 Å². The predicted octanol–water partition coefficient (Wildman–Crippen LogP) is 4.65. The number of benzene rings is 3. The summed E-state index contributed by atoms with van der Waals surface area (Å²) in [4.78, 5) is 32.8. The molecule has 0 aliphatic carbocycles. The van der Waals surface area contributed by atoms with Crippen LogP contribution in [-0.2, 0) is 4.79 Å². The maximum atomic E-state index is 14.0. The Morgan fingerprint density at radius 1 is 1.15 bits per heavy atom. The summed E-state index contributed by atoms with van der Waals surface area (Å²) in [5.41, 5.74) is 2.65. The van der Waals surface area contributed by atoms with Gasteiger partial charge in [-0.25, -0.2) is 4.99 Å². The second kappa shape index (κ2) is 10.7. The second-order valence-corrected chi connectivity index (χ2v) is 10.5. The SMILES string of the molecule is CCOc1ccc([C@H]2C(C(=O)Nc3ccccc3)=C(C)N=c3s/c(=C\c4cc5c(cc4Cl)OCO5)c(=O)n32)cc1. The summed E-state index contributed by atoms with van der Waals surface area (Å²) in [7, 11) is 0. The van der Waals surface area contributed by atoms with E-state index in [0.29, 0.717) is 60.7 Å². The Morgan fingerprint density at radius 3 is 2.60 bits per heavy atom. The van der Waals surface area contributed by atoms with Crippen LogP contribution in [0.3, 0.4) is 0 Å². The number of aromatic nitrogens is 1. The molecule has 0 saturated carbocycles. The van der Waals surface area contributed by atoms with Gasteiger partial charge in [0.15, 0.2) is 16.3 Å². The zero-order valence-corrected chi connectivity index (χ0v) is 23.2. The van der Waals surface area contributed by atoms with Gasteiger partial charge in [-0.15, -0.1) is 0 Å². The van der Waals surface area contributed by atoms with E-state index in [4.69, 9.17) is 30.8 Å². The fourth-order valence-corrected chi connectivity index (χ4v) is 5.99. The summed E-state index contributed by atoms with van der Waals surface area (Å²) < 4.78 is 18.5. The summed E-state index contributed by atoms with van der Waals surface area (Å²) in [6.07, 6.45) is 1.71. The van der Waals surface area contributed by atoms with Gasteiger partial charge in [-0.1, -0.05) is 53.3 Å². The molecule has 0 radical (unpaired) electrons. The molecule has 10 heteroatoms. The van der Waals surface area contributed by atoms with Crippen molar-refractivity contribution in [2.45, 2.75) is 19.9 Å². The van der Waals surface area contributed by atoms with Gasteiger partial charge in [0.1, 0.15) is 5.75 Å². The van der Waals surface area contributed by atoms with Crippen molar-refractivity contribution in [2.24, 2.45) is 4.99 Å². The van der Waals surface area contributed by atoms with Gasteiger partial charge >= 0.3 is 0 Å². The number of amides is 1. The standard InChI is InChI=1S/C30H24ClN3O5S/c1-3-37-21-11-9-18(10-12-21)27-26(28(35)33-20-7-5-4-6-8-20)17(2)32-30-34(27)29(36)25(40-30)14-19-13-23-24(15-22(19)31)39-16-38-23/h4-15,27H,3,16H2,1-2H3,(H,33,35)/b25-14-/t27-/m0/s1. The lowest BCUT2D eigenvalue weighted by atomic mass is 9.95. The Kier molecular flexibility index (Phi) is 6.91. The minimum atomic E-state index is -0.704. The molecule has 2 aliphatic heterocycles. The number of halogens is 1. The van der Waals surface area contributed by atoms with Crippen LogP contribution in [0.25, 0.3) is 6.08 Å². The number of para-hydroxylation sites is 1. The van der Waals surface area contributed by atoms with E-state index < -0.39 is 6.04 Å². The Balaban J connectivity index is 1.49. The molecule has 8 nitrogen and oxygen atoms in total. The van der Waals surface area contributed by atoms with Crippen LogP contribution < -0.4 is 34.4 Å². The number of carbonyl (C=O) groups excluding carboxylic acids is 1. The highest BCUT2D eigenvalue weighted by Crippen LogP contribution is 2.37. The highest BCUT2D eigenvalue weighted by atomic mass is 35.5. The molecule has 1 atom stereocenters. The monoisotopic (exact) mass is 573 g/mol. The average Bonchev–Trinajstić information content (AvgIpc) is 3.52. The topological polar surface area (TPSA) is 91.2 Å². The number of nitrogens with zero attached hydrogens (tertiary/aromatic N) is 2. The van der Waals surface area contributed by atoms with Crippen molar-refractivity contribution in [3.8, 4) is 17.2 Å². The zero-order valence-electron chi connectivity index (χ0n) is 21.6. The number of allylic oxidation sites excluding steroid dienone is 1. The first-order valence-electron chi connectivity index (χ1n) is 12.6. The molecule has 0 bridgehead atoms. The molecule has 0 unspecified atom stereocenters. The molecular weight excluding hydrogens is 550 g/mol. The van der Waals surface area contributed by atoms with Crippen LogP contribution in [-0.4, -0.2) is 23.9 Å². The van der Waals surface area contributed by atoms with E-state index in [0.717, 1.165) is 5.56 Å². The van der Waals surface area contributed by atoms with Crippen LogP contribution in [0.5, 0.6) is 17.2 Å². The number of fused-ring (bicyclic) bond motifs is 2. The van der Waals surface area contributed by atoms with Gasteiger partial charge in [0.05, 0.1) is 33.5 Å². The molecule has 40 heavy (non-hydrogen) atoms. The normalized spacial score (nSPS) is 16.0. The van der Waals surface area contributed by atoms with E-state index in [1.54, 1.807) is 29.7 Å². The number of carbonyl (C=O) groups is 1. The Labute approximate surface area is 238 Å². The van der Waals surface area contributed by atoms with Crippen LogP contribution in [0.2, 0.25) is 5.02 Å². The molecule has 3 heterocycles. The number of hydrogen-bond donors (Lipinski definition) is 1. The molecule has 6 rings (SSSR count). The summed E-state index contributed by atoms with van der Waals surface area (Å²) >= 11 is 7.74. The maximum absolute atomic E-state index is 14.0. The number of nitrogens with one attached hydrogen (secondary N) is 1. The van der Waals surface area contributed by atoms with Crippen LogP contribution >= 0.6 is 22.9 Å². The van der Waals surface area contributed by atoms with E-state index in [9.17, 15) is 9.59 Å². The summed E-state index contributed by atoms with van der Waals surface area (Å²) in [5, 5.41) is 3.39. The summed E-state index contributed by atoms with van der Waals surface area (Å²) in [5.74, 6) is 1.49. The lowest BCUT2D eigenvalue weighted by molar-refractivity contribution is -0.113. The third kappa shape index (κ3) is 4.78. The van der Waals surface area contributed by atoms with Gasteiger partial charge in [0, 0.05) is 11.8 Å². The fraction of sp³-hybridized carbons (Fsp3) is 0.167. The van der Waals surface area contributed by atoms with Crippen molar-refractivity contribution in [1.82, 2.24) is 4.57 Å². The van der Waals surface area contributed by atoms with E-state index in [-0.39, 0.29) is 18.3 Å². The number of rotatable bonds is 6. The summed E-state index contributed by atoms with van der Waals surface area (Å²) in [6.45, 7) is 4.34. The molecule has 1 aromatic heterocycles. The molecule has 0 saturated heterocycles. The minimum absolute atomic E-state index is 0.118.